The Morgan fingerprint density at radius 3 is 1.79 bits per heavy atom. The number of quaternary nitrogens is 1. The molecule has 0 amide bonds. The smallest absolute Gasteiger partial charge is 0.139 e. The quantitative estimate of drug-likeness (QED) is 0.681. The van der Waals surface area contributed by atoms with E-state index < -0.39 is 0 Å². The summed E-state index contributed by atoms with van der Waals surface area (Å²) in [5, 5.41) is 0. The molecule has 0 radical (unpaired) electrons. The zero-order valence-electron chi connectivity index (χ0n) is 15.7. The van der Waals surface area contributed by atoms with Crippen molar-refractivity contribution in [3.05, 3.63) is 107 Å². The first kappa shape index (κ1) is 18.8. The minimum absolute atomic E-state index is 0.227. The van der Waals surface area contributed by atoms with Crippen LogP contribution >= 0.6 is 12.2 Å². The maximum atomic E-state index is 13.2. The molecule has 28 heavy (non-hydrogen) atoms. The molecule has 1 N–H and O–H groups in total. The summed E-state index contributed by atoms with van der Waals surface area (Å²) in [6.45, 7) is 3.83. The molecule has 2 nitrogen and oxygen atoms in total. The van der Waals surface area contributed by atoms with Crippen molar-refractivity contribution in [1.82, 2.24) is 4.90 Å². The summed E-state index contributed by atoms with van der Waals surface area (Å²) in [5.74, 6) is -0.227. The van der Waals surface area contributed by atoms with Crippen LogP contribution in [0.25, 0.3) is 0 Å². The van der Waals surface area contributed by atoms with Crippen molar-refractivity contribution in [2.45, 2.75) is 6.04 Å². The third kappa shape index (κ3) is 4.13. The molecule has 4 rings (SSSR count). The van der Waals surface area contributed by atoms with E-state index in [4.69, 9.17) is 12.2 Å². The average Bonchev–Trinajstić information content (AvgIpc) is 2.76. The van der Waals surface area contributed by atoms with Gasteiger partial charge in [0.1, 0.15) is 16.8 Å². The van der Waals surface area contributed by atoms with Crippen LogP contribution in [-0.2, 0) is 0 Å². The largest absolute Gasteiger partial charge is 0.351 e. The van der Waals surface area contributed by atoms with E-state index in [1.165, 1.54) is 23.3 Å². The van der Waals surface area contributed by atoms with Gasteiger partial charge in [0, 0.05) is 16.7 Å². The molecule has 1 fully saturated rings. The SMILES string of the molecule is Fc1ccc(C(=S)N2CC[NH+](C(c3ccccc3)c3ccccc3)CC2)cc1. The molecule has 142 valence electrons. The molecular formula is C24H24FN2S+. The Bertz CT molecular complexity index is 865. The Labute approximate surface area is 171 Å². The van der Waals surface area contributed by atoms with E-state index in [9.17, 15) is 4.39 Å². The fourth-order valence-electron chi connectivity index (χ4n) is 4.02. The Morgan fingerprint density at radius 2 is 1.29 bits per heavy atom. The highest BCUT2D eigenvalue weighted by Gasteiger charge is 2.30. The highest BCUT2D eigenvalue weighted by Crippen LogP contribution is 2.19. The second-order valence-corrected chi connectivity index (χ2v) is 7.60. The molecule has 3 aromatic carbocycles. The predicted octanol–water partition coefficient (Wildman–Crippen LogP) is 3.49. The van der Waals surface area contributed by atoms with E-state index >= 15 is 0 Å². The van der Waals surface area contributed by atoms with E-state index in [1.807, 2.05) is 0 Å². The number of thiocarbonyl (C=S) groups is 1. The summed E-state index contributed by atoms with van der Waals surface area (Å²) in [7, 11) is 0. The third-order valence-electron chi connectivity index (χ3n) is 5.46. The van der Waals surface area contributed by atoms with Gasteiger partial charge in [0.15, 0.2) is 0 Å². The van der Waals surface area contributed by atoms with Crippen LogP contribution < -0.4 is 4.90 Å². The fourth-order valence-corrected chi connectivity index (χ4v) is 4.33. The molecule has 3 aromatic rings. The van der Waals surface area contributed by atoms with Crippen LogP contribution in [0.4, 0.5) is 4.39 Å². The normalized spacial score (nSPS) is 15.0. The van der Waals surface area contributed by atoms with Crippen LogP contribution in [0.1, 0.15) is 22.7 Å². The third-order valence-corrected chi connectivity index (χ3v) is 5.95. The topological polar surface area (TPSA) is 7.68 Å². The van der Waals surface area contributed by atoms with Crippen LogP contribution in [0.2, 0.25) is 0 Å². The van der Waals surface area contributed by atoms with Gasteiger partial charge in [-0.05, 0) is 24.3 Å². The van der Waals surface area contributed by atoms with Gasteiger partial charge in [-0.2, -0.15) is 0 Å². The molecule has 0 atom stereocenters. The molecule has 0 aliphatic carbocycles. The number of hydrogen-bond donors (Lipinski definition) is 1. The second-order valence-electron chi connectivity index (χ2n) is 7.21. The van der Waals surface area contributed by atoms with Crippen molar-refractivity contribution in [3.63, 3.8) is 0 Å². The van der Waals surface area contributed by atoms with Gasteiger partial charge in [-0.25, -0.2) is 4.39 Å². The van der Waals surface area contributed by atoms with E-state index in [-0.39, 0.29) is 5.82 Å². The highest BCUT2D eigenvalue weighted by molar-refractivity contribution is 7.80. The molecular weight excluding hydrogens is 367 g/mol. The lowest BCUT2D eigenvalue weighted by Gasteiger charge is -2.38. The summed E-state index contributed by atoms with van der Waals surface area (Å²) in [5.41, 5.74) is 3.61. The maximum Gasteiger partial charge on any atom is 0.139 e. The second kappa shape index (κ2) is 8.63. The number of halogens is 1. The number of piperazine rings is 1. The molecule has 1 saturated heterocycles. The minimum Gasteiger partial charge on any atom is -0.351 e. The van der Waals surface area contributed by atoms with Crippen LogP contribution in [0.15, 0.2) is 84.9 Å². The van der Waals surface area contributed by atoms with E-state index in [1.54, 1.807) is 17.0 Å². The van der Waals surface area contributed by atoms with Gasteiger partial charge in [0.2, 0.25) is 0 Å². The first-order chi connectivity index (χ1) is 13.7. The monoisotopic (exact) mass is 391 g/mol. The predicted molar refractivity (Wildman–Crippen MR) is 115 cm³/mol. The Balaban J connectivity index is 1.50. The van der Waals surface area contributed by atoms with Gasteiger partial charge in [-0.3, -0.25) is 0 Å². The van der Waals surface area contributed by atoms with Gasteiger partial charge in [0.25, 0.3) is 0 Å². The van der Waals surface area contributed by atoms with E-state index in [0.717, 1.165) is 36.7 Å². The summed E-state index contributed by atoms with van der Waals surface area (Å²) in [6, 6.07) is 28.3. The number of nitrogens with one attached hydrogen (secondary N) is 1. The molecule has 1 aliphatic heterocycles. The van der Waals surface area contributed by atoms with Crippen LogP contribution in [-0.4, -0.2) is 36.1 Å². The van der Waals surface area contributed by atoms with Gasteiger partial charge < -0.3 is 9.80 Å². The van der Waals surface area contributed by atoms with E-state index in [0.29, 0.717) is 6.04 Å². The van der Waals surface area contributed by atoms with Gasteiger partial charge in [0.05, 0.1) is 26.2 Å². The van der Waals surface area contributed by atoms with E-state index in [2.05, 4.69) is 65.6 Å². The maximum absolute atomic E-state index is 13.2. The summed E-state index contributed by atoms with van der Waals surface area (Å²) < 4.78 is 13.2. The lowest BCUT2D eigenvalue weighted by molar-refractivity contribution is -0.929. The van der Waals surface area contributed by atoms with Gasteiger partial charge in [-0.1, -0.05) is 72.9 Å². The molecule has 0 aromatic heterocycles. The number of benzene rings is 3. The first-order valence-corrected chi connectivity index (χ1v) is 10.1. The lowest BCUT2D eigenvalue weighted by Crippen LogP contribution is -3.15. The molecule has 4 heteroatoms. The highest BCUT2D eigenvalue weighted by atomic mass is 32.1. The lowest BCUT2D eigenvalue weighted by atomic mass is 9.96. The molecule has 0 spiro atoms. The number of rotatable bonds is 4. The number of nitrogens with zero attached hydrogens (tertiary/aromatic N) is 1. The van der Waals surface area contributed by atoms with Crippen molar-refractivity contribution in [2.75, 3.05) is 26.2 Å². The van der Waals surface area contributed by atoms with Crippen molar-refractivity contribution in [1.29, 1.82) is 0 Å². The Morgan fingerprint density at radius 1 is 0.786 bits per heavy atom. The average molecular weight is 392 g/mol. The summed E-state index contributed by atoms with van der Waals surface area (Å²) in [4.78, 5) is 4.62. The van der Waals surface area contributed by atoms with Crippen LogP contribution in [0.3, 0.4) is 0 Å². The minimum atomic E-state index is -0.227. The Kier molecular flexibility index (Phi) is 5.79. The summed E-state index contributed by atoms with van der Waals surface area (Å²) in [6.07, 6.45) is 0. The zero-order valence-corrected chi connectivity index (χ0v) is 16.5. The molecule has 1 heterocycles. The van der Waals surface area contributed by atoms with Crippen LogP contribution in [0, 0.1) is 5.82 Å². The van der Waals surface area contributed by atoms with Crippen molar-refractivity contribution in [2.24, 2.45) is 0 Å². The summed E-state index contributed by atoms with van der Waals surface area (Å²) >= 11 is 5.67. The zero-order chi connectivity index (χ0) is 19.3. The van der Waals surface area contributed by atoms with Gasteiger partial charge in [-0.15, -0.1) is 0 Å². The molecule has 0 unspecified atom stereocenters. The molecule has 1 aliphatic rings. The standard InChI is InChI=1S/C24H23FN2S/c25-22-13-11-21(12-14-22)24(28)27-17-15-26(16-18-27)23(19-7-3-1-4-8-19)20-9-5-2-6-10-20/h1-14,23H,15-18H2/p+1. The first-order valence-electron chi connectivity index (χ1n) is 9.72. The Hall–Kier alpha value is -2.56. The number of hydrogen-bond acceptors (Lipinski definition) is 1. The molecule has 0 saturated carbocycles. The fraction of sp³-hybridized carbons (Fsp3) is 0.208. The molecule has 0 bridgehead atoms. The van der Waals surface area contributed by atoms with Crippen molar-refractivity contribution < 1.29 is 9.29 Å². The van der Waals surface area contributed by atoms with Crippen molar-refractivity contribution >= 4 is 17.2 Å². The van der Waals surface area contributed by atoms with Crippen molar-refractivity contribution in [3.8, 4) is 0 Å². The van der Waals surface area contributed by atoms with Gasteiger partial charge >= 0.3 is 0 Å². The van der Waals surface area contributed by atoms with Crippen LogP contribution in [0.5, 0.6) is 0 Å².